The molecule has 136 valence electrons. The first-order chi connectivity index (χ1) is 13.1. The minimum absolute atomic E-state index is 0.236. The summed E-state index contributed by atoms with van der Waals surface area (Å²) in [6.07, 6.45) is 0. The zero-order valence-electron chi connectivity index (χ0n) is 14.3. The third-order valence-electron chi connectivity index (χ3n) is 3.69. The van der Waals surface area contributed by atoms with Gasteiger partial charge in [0.15, 0.2) is 5.11 Å². The molecule has 0 aliphatic carbocycles. The van der Waals surface area contributed by atoms with Gasteiger partial charge >= 0.3 is 0 Å². The second-order valence-corrected chi connectivity index (χ2v) is 7.26. The zero-order chi connectivity index (χ0) is 19.1. The molecule has 0 spiro atoms. The maximum atomic E-state index is 12.3. The molecule has 2 N–H and O–H groups in total. The highest BCUT2D eigenvalue weighted by Crippen LogP contribution is 2.19. The van der Waals surface area contributed by atoms with Crippen molar-refractivity contribution in [2.75, 3.05) is 5.32 Å². The van der Waals surface area contributed by atoms with Crippen molar-refractivity contribution >= 4 is 51.5 Å². The molecule has 0 bridgehead atoms. The van der Waals surface area contributed by atoms with Crippen LogP contribution in [0.1, 0.15) is 15.9 Å². The maximum Gasteiger partial charge on any atom is 0.258 e. The van der Waals surface area contributed by atoms with E-state index in [-0.39, 0.29) is 11.0 Å². The van der Waals surface area contributed by atoms with Gasteiger partial charge in [-0.3, -0.25) is 10.1 Å². The fraction of sp³-hybridized carbons (Fsp3) is 0.0476. The highest BCUT2D eigenvalue weighted by Gasteiger charge is 2.11. The van der Waals surface area contributed by atoms with Gasteiger partial charge < -0.3 is 10.1 Å². The average Bonchev–Trinajstić information content (AvgIpc) is 2.67. The lowest BCUT2D eigenvalue weighted by atomic mass is 10.2. The van der Waals surface area contributed by atoms with E-state index in [9.17, 15) is 4.79 Å². The standard InChI is InChI=1S/C21H17IN2O2S/c22-19-12-5-4-11-18(19)20(25)24-21(27)23-16-9-6-10-17(13-16)26-14-15-7-2-1-3-8-15/h1-13H,14H2,(H2,23,24,25,27). The van der Waals surface area contributed by atoms with Gasteiger partial charge in [-0.25, -0.2) is 0 Å². The summed E-state index contributed by atoms with van der Waals surface area (Å²) >= 11 is 7.38. The second-order valence-electron chi connectivity index (χ2n) is 5.69. The Bertz CT molecular complexity index is 948. The predicted molar refractivity (Wildman–Crippen MR) is 120 cm³/mol. The predicted octanol–water partition coefficient (Wildman–Crippen LogP) is 5.00. The third-order valence-corrected chi connectivity index (χ3v) is 4.83. The van der Waals surface area contributed by atoms with E-state index in [0.29, 0.717) is 12.2 Å². The fourth-order valence-electron chi connectivity index (χ4n) is 2.38. The molecule has 0 saturated heterocycles. The van der Waals surface area contributed by atoms with E-state index >= 15 is 0 Å². The first kappa shape index (κ1) is 19.3. The topological polar surface area (TPSA) is 50.4 Å². The van der Waals surface area contributed by atoms with Crippen LogP contribution < -0.4 is 15.4 Å². The molecular formula is C21H17IN2O2S. The van der Waals surface area contributed by atoms with E-state index in [1.807, 2.05) is 72.8 Å². The van der Waals surface area contributed by atoms with Gasteiger partial charge in [0, 0.05) is 15.3 Å². The van der Waals surface area contributed by atoms with Crippen LogP contribution in [0.25, 0.3) is 0 Å². The van der Waals surface area contributed by atoms with Crippen molar-refractivity contribution in [2.45, 2.75) is 6.61 Å². The Morgan fingerprint density at radius 1 is 0.963 bits per heavy atom. The summed E-state index contributed by atoms with van der Waals surface area (Å²) in [7, 11) is 0. The van der Waals surface area contributed by atoms with E-state index in [4.69, 9.17) is 17.0 Å². The molecule has 3 rings (SSSR count). The molecule has 0 aliphatic rings. The first-order valence-electron chi connectivity index (χ1n) is 8.25. The van der Waals surface area contributed by atoms with Crippen LogP contribution in [0.5, 0.6) is 5.75 Å². The van der Waals surface area contributed by atoms with Gasteiger partial charge in [-0.1, -0.05) is 48.5 Å². The number of rotatable bonds is 5. The second kappa shape index (κ2) is 9.48. The number of ether oxygens (including phenoxy) is 1. The number of hydrogen-bond donors (Lipinski definition) is 2. The van der Waals surface area contributed by atoms with Crippen LogP contribution in [0.15, 0.2) is 78.9 Å². The Kier molecular flexibility index (Phi) is 6.78. The number of amides is 1. The SMILES string of the molecule is O=C(NC(=S)Nc1cccc(OCc2ccccc2)c1)c1ccccc1I. The highest BCUT2D eigenvalue weighted by molar-refractivity contribution is 14.1. The van der Waals surface area contributed by atoms with Gasteiger partial charge in [0.1, 0.15) is 12.4 Å². The largest absolute Gasteiger partial charge is 0.489 e. The van der Waals surface area contributed by atoms with E-state index in [2.05, 4.69) is 33.2 Å². The minimum atomic E-state index is -0.242. The van der Waals surface area contributed by atoms with Crippen molar-refractivity contribution in [2.24, 2.45) is 0 Å². The van der Waals surface area contributed by atoms with Crippen LogP contribution in [0.2, 0.25) is 0 Å². The number of benzene rings is 3. The van der Waals surface area contributed by atoms with Crippen molar-refractivity contribution in [1.82, 2.24) is 5.32 Å². The van der Waals surface area contributed by atoms with Gasteiger partial charge in [0.05, 0.1) is 5.56 Å². The van der Waals surface area contributed by atoms with E-state index in [1.165, 1.54) is 0 Å². The Morgan fingerprint density at radius 3 is 2.48 bits per heavy atom. The van der Waals surface area contributed by atoms with Crippen molar-refractivity contribution in [3.8, 4) is 5.75 Å². The van der Waals surface area contributed by atoms with Gasteiger partial charge in [-0.15, -0.1) is 0 Å². The number of carbonyl (C=O) groups excluding carboxylic acids is 1. The lowest BCUT2D eigenvalue weighted by Crippen LogP contribution is -2.34. The van der Waals surface area contributed by atoms with Crippen molar-refractivity contribution in [3.63, 3.8) is 0 Å². The van der Waals surface area contributed by atoms with Gasteiger partial charge in [-0.05, 0) is 64.6 Å². The smallest absolute Gasteiger partial charge is 0.258 e. The Balaban J connectivity index is 1.58. The minimum Gasteiger partial charge on any atom is -0.489 e. The van der Waals surface area contributed by atoms with Crippen molar-refractivity contribution in [3.05, 3.63) is 93.6 Å². The molecular weight excluding hydrogens is 471 g/mol. The lowest BCUT2D eigenvalue weighted by molar-refractivity contribution is 0.0977. The van der Waals surface area contributed by atoms with E-state index in [1.54, 1.807) is 6.07 Å². The van der Waals surface area contributed by atoms with E-state index < -0.39 is 0 Å². The van der Waals surface area contributed by atoms with Crippen LogP contribution in [0.3, 0.4) is 0 Å². The number of hydrogen-bond acceptors (Lipinski definition) is 3. The molecule has 0 unspecified atom stereocenters. The summed E-state index contributed by atoms with van der Waals surface area (Å²) in [4.78, 5) is 12.3. The molecule has 4 nitrogen and oxygen atoms in total. The van der Waals surface area contributed by atoms with Gasteiger partial charge in [0.2, 0.25) is 0 Å². The molecule has 0 atom stereocenters. The Morgan fingerprint density at radius 2 is 1.70 bits per heavy atom. The number of carbonyl (C=O) groups is 1. The number of nitrogens with one attached hydrogen (secondary N) is 2. The van der Waals surface area contributed by atoms with E-state index in [0.717, 1.165) is 20.6 Å². The molecule has 0 aromatic heterocycles. The molecule has 6 heteroatoms. The highest BCUT2D eigenvalue weighted by atomic mass is 127. The van der Waals surface area contributed by atoms with Crippen LogP contribution >= 0.6 is 34.8 Å². The molecule has 0 saturated carbocycles. The van der Waals surface area contributed by atoms with Crippen LogP contribution in [0, 0.1) is 3.57 Å². The monoisotopic (exact) mass is 488 g/mol. The normalized spacial score (nSPS) is 10.1. The third kappa shape index (κ3) is 5.77. The van der Waals surface area contributed by atoms with Crippen LogP contribution in [0.4, 0.5) is 5.69 Å². The van der Waals surface area contributed by atoms with Crippen LogP contribution in [-0.2, 0) is 6.61 Å². The quantitative estimate of drug-likeness (QED) is 0.392. The summed E-state index contributed by atoms with van der Waals surface area (Å²) in [5.74, 6) is 0.476. The average molecular weight is 488 g/mol. The van der Waals surface area contributed by atoms with Crippen molar-refractivity contribution < 1.29 is 9.53 Å². The fourth-order valence-corrected chi connectivity index (χ4v) is 3.23. The molecule has 0 radical (unpaired) electrons. The Labute approximate surface area is 177 Å². The zero-order valence-corrected chi connectivity index (χ0v) is 17.3. The molecule has 1 amide bonds. The molecule has 3 aromatic rings. The molecule has 0 fully saturated rings. The summed E-state index contributed by atoms with van der Waals surface area (Å²) in [5, 5.41) is 5.95. The summed E-state index contributed by atoms with van der Waals surface area (Å²) in [5.41, 5.74) is 2.42. The first-order valence-corrected chi connectivity index (χ1v) is 9.74. The lowest BCUT2D eigenvalue weighted by Gasteiger charge is -2.12. The molecule has 3 aromatic carbocycles. The van der Waals surface area contributed by atoms with Crippen LogP contribution in [-0.4, -0.2) is 11.0 Å². The maximum absolute atomic E-state index is 12.3. The molecule has 0 aliphatic heterocycles. The summed E-state index contributed by atoms with van der Waals surface area (Å²) in [6.45, 7) is 0.484. The molecule has 27 heavy (non-hydrogen) atoms. The van der Waals surface area contributed by atoms with Gasteiger partial charge in [0.25, 0.3) is 5.91 Å². The number of halogens is 1. The summed E-state index contributed by atoms with van der Waals surface area (Å²) in [6, 6.07) is 24.7. The summed E-state index contributed by atoms with van der Waals surface area (Å²) < 4.78 is 6.68. The number of anilines is 1. The number of thiocarbonyl (C=S) groups is 1. The van der Waals surface area contributed by atoms with Crippen molar-refractivity contribution in [1.29, 1.82) is 0 Å². The Hall–Kier alpha value is -2.45. The van der Waals surface area contributed by atoms with Gasteiger partial charge in [-0.2, -0.15) is 0 Å². The molecule has 0 heterocycles.